The van der Waals surface area contributed by atoms with Crippen LogP contribution in [-0.2, 0) is 14.8 Å². The number of nitrogens with one attached hydrogen (secondary N) is 1. The van der Waals surface area contributed by atoms with Crippen molar-refractivity contribution in [3.8, 4) is 0 Å². The average molecular weight is 420 g/mol. The molecule has 1 aliphatic rings. The fourth-order valence-corrected chi connectivity index (χ4v) is 4.21. The van der Waals surface area contributed by atoms with Gasteiger partial charge in [0, 0.05) is 42.8 Å². The molecule has 1 saturated heterocycles. The maximum atomic E-state index is 12.8. The van der Waals surface area contributed by atoms with Crippen LogP contribution in [-0.4, -0.2) is 59.8 Å². The fraction of sp³-hybridized carbons (Fsp3) is 0.375. The first-order chi connectivity index (χ1) is 12.3. The number of carboxylic acids is 1. The standard InChI is InChI=1S/C14H17N3O2S.C2H2Cl2O2/c18-20(19,17-9-2-6-15-8-10-17)14-4-1-3-12-11-16-7-5-13(12)14;3-1(4)2(5)6/h1,3-5,7,11,15H,2,6,8-10H2;1H,(H,5,6). The Bertz CT molecular complexity index is 848. The normalized spacial score (nSPS) is 16.0. The molecule has 0 radical (unpaired) electrons. The first kappa shape index (κ1) is 20.9. The van der Waals surface area contributed by atoms with Gasteiger partial charge in [0.25, 0.3) is 0 Å². The molecule has 0 amide bonds. The van der Waals surface area contributed by atoms with Crippen molar-refractivity contribution in [2.24, 2.45) is 0 Å². The Morgan fingerprint density at radius 2 is 1.96 bits per heavy atom. The summed E-state index contributed by atoms with van der Waals surface area (Å²) < 4.78 is 27.2. The third-order valence-electron chi connectivity index (χ3n) is 3.74. The molecule has 1 fully saturated rings. The minimum atomic E-state index is -3.45. The van der Waals surface area contributed by atoms with Crippen molar-refractivity contribution in [1.29, 1.82) is 0 Å². The number of fused-ring (bicyclic) bond motifs is 1. The van der Waals surface area contributed by atoms with Crippen LogP contribution in [0.25, 0.3) is 10.8 Å². The van der Waals surface area contributed by atoms with Gasteiger partial charge in [-0.05, 0) is 25.1 Å². The molecule has 2 aromatic rings. The van der Waals surface area contributed by atoms with Gasteiger partial charge >= 0.3 is 5.97 Å². The van der Waals surface area contributed by atoms with Crippen LogP contribution in [0.1, 0.15) is 6.42 Å². The summed E-state index contributed by atoms with van der Waals surface area (Å²) in [5.41, 5.74) is 0. The van der Waals surface area contributed by atoms with E-state index in [0.29, 0.717) is 24.5 Å². The van der Waals surface area contributed by atoms with Gasteiger partial charge in [0.1, 0.15) is 0 Å². The van der Waals surface area contributed by atoms with Gasteiger partial charge in [0.15, 0.2) is 0 Å². The summed E-state index contributed by atoms with van der Waals surface area (Å²) >= 11 is 9.56. The highest BCUT2D eigenvalue weighted by Crippen LogP contribution is 2.25. The van der Waals surface area contributed by atoms with Gasteiger partial charge in [-0.15, -0.1) is 0 Å². The summed E-state index contributed by atoms with van der Waals surface area (Å²) in [5, 5.41) is 12.5. The lowest BCUT2D eigenvalue weighted by atomic mass is 10.2. The SMILES string of the molecule is O=C(O)C(Cl)Cl.O=S(=O)(c1cccc2cnccc12)N1CCCNCC1. The van der Waals surface area contributed by atoms with E-state index in [1.807, 2.05) is 6.07 Å². The second kappa shape index (κ2) is 9.48. The molecule has 1 aliphatic heterocycles. The van der Waals surface area contributed by atoms with Crippen molar-refractivity contribution < 1.29 is 18.3 Å². The predicted molar refractivity (Wildman–Crippen MR) is 101 cm³/mol. The Kier molecular flexibility index (Phi) is 7.60. The lowest BCUT2D eigenvalue weighted by Crippen LogP contribution is -2.34. The monoisotopic (exact) mass is 419 g/mol. The fourth-order valence-electron chi connectivity index (χ4n) is 2.52. The summed E-state index contributed by atoms with van der Waals surface area (Å²) in [6.07, 6.45) is 4.16. The number of rotatable bonds is 3. The summed E-state index contributed by atoms with van der Waals surface area (Å²) in [4.78, 5) is 12.6. The van der Waals surface area contributed by atoms with Crippen LogP contribution in [0, 0.1) is 0 Å². The minimum Gasteiger partial charge on any atom is -0.479 e. The lowest BCUT2D eigenvalue weighted by Gasteiger charge is -2.20. The molecule has 1 aromatic carbocycles. The summed E-state index contributed by atoms with van der Waals surface area (Å²) in [6.45, 7) is 2.65. The highest BCUT2D eigenvalue weighted by atomic mass is 35.5. The van der Waals surface area contributed by atoms with Crippen molar-refractivity contribution >= 4 is 50.0 Å². The van der Waals surface area contributed by atoms with E-state index >= 15 is 0 Å². The zero-order chi connectivity index (χ0) is 19.2. The lowest BCUT2D eigenvalue weighted by molar-refractivity contribution is -0.135. The molecule has 2 heterocycles. The van der Waals surface area contributed by atoms with Crippen LogP contribution in [0.2, 0.25) is 0 Å². The quantitative estimate of drug-likeness (QED) is 0.738. The molecule has 0 bridgehead atoms. The van der Waals surface area contributed by atoms with Gasteiger partial charge in [0.2, 0.25) is 14.9 Å². The Labute approximate surface area is 162 Å². The molecule has 142 valence electrons. The summed E-state index contributed by atoms with van der Waals surface area (Å²) in [6, 6.07) is 7.09. The molecule has 0 atom stereocenters. The number of benzene rings is 1. The van der Waals surface area contributed by atoms with Crippen molar-refractivity contribution in [3.63, 3.8) is 0 Å². The maximum absolute atomic E-state index is 12.8. The van der Waals surface area contributed by atoms with Crippen LogP contribution in [0.4, 0.5) is 0 Å². The number of aliphatic carboxylic acids is 1. The molecular formula is C16H19Cl2N3O4S. The number of pyridine rings is 1. The molecule has 0 spiro atoms. The van der Waals surface area contributed by atoms with E-state index < -0.39 is 20.8 Å². The molecular weight excluding hydrogens is 401 g/mol. The van der Waals surface area contributed by atoms with Gasteiger partial charge in [-0.3, -0.25) is 4.98 Å². The van der Waals surface area contributed by atoms with E-state index in [1.165, 1.54) is 0 Å². The highest BCUT2D eigenvalue weighted by molar-refractivity contribution is 7.89. The molecule has 1 aromatic heterocycles. The zero-order valence-electron chi connectivity index (χ0n) is 13.8. The Balaban J connectivity index is 0.000000352. The van der Waals surface area contributed by atoms with Crippen molar-refractivity contribution in [2.45, 2.75) is 16.2 Å². The molecule has 0 aliphatic carbocycles. The van der Waals surface area contributed by atoms with E-state index in [1.54, 1.807) is 34.9 Å². The van der Waals surface area contributed by atoms with Gasteiger partial charge in [-0.25, -0.2) is 13.2 Å². The molecule has 0 unspecified atom stereocenters. The van der Waals surface area contributed by atoms with Gasteiger partial charge in [-0.2, -0.15) is 4.31 Å². The van der Waals surface area contributed by atoms with E-state index in [-0.39, 0.29) is 0 Å². The average Bonchev–Trinajstić information content (AvgIpc) is 2.91. The predicted octanol–water partition coefficient (Wildman–Crippen LogP) is 2.09. The first-order valence-electron chi connectivity index (χ1n) is 7.88. The highest BCUT2D eigenvalue weighted by Gasteiger charge is 2.26. The van der Waals surface area contributed by atoms with Crippen molar-refractivity contribution in [2.75, 3.05) is 26.2 Å². The zero-order valence-corrected chi connectivity index (χ0v) is 16.1. The Morgan fingerprint density at radius 3 is 2.65 bits per heavy atom. The van der Waals surface area contributed by atoms with E-state index in [4.69, 9.17) is 28.3 Å². The van der Waals surface area contributed by atoms with Crippen LogP contribution in [0.5, 0.6) is 0 Å². The van der Waals surface area contributed by atoms with Gasteiger partial charge in [-0.1, -0.05) is 35.3 Å². The first-order valence-corrected chi connectivity index (χ1v) is 10.2. The van der Waals surface area contributed by atoms with Crippen LogP contribution in [0.3, 0.4) is 0 Å². The number of carboxylic acid groups (broad SMARTS) is 1. The topological polar surface area (TPSA) is 99.6 Å². The van der Waals surface area contributed by atoms with Gasteiger partial charge < -0.3 is 10.4 Å². The van der Waals surface area contributed by atoms with E-state index in [0.717, 1.165) is 23.7 Å². The van der Waals surface area contributed by atoms with Crippen LogP contribution < -0.4 is 5.32 Å². The summed E-state index contributed by atoms with van der Waals surface area (Å²) in [5.74, 6) is -1.21. The molecule has 7 nitrogen and oxygen atoms in total. The second-order valence-corrected chi connectivity index (χ2v) is 8.50. The number of halogens is 2. The number of hydrogen-bond acceptors (Lipinski definition) is 5. The number of sulfonamides is 1. The molecule has 10 heteroatoms. The minimum absolute atomic E-state index is 0.374. The van der Waals surface area contributed by atoms with Crippen LogP contribution >= 0.6 is 23.2 Å². The van der Waals surface area contributed by atoms with E-state index in [9.17, 15) is 13.2 Å². The molecule has 2 N–H and O–H groups in total. The van der Waals surface area contributed by atoms with Crippen molar-refractivity contribution in [1.82, 2.24) is 14.6 Å². The number of alkyl halides is 2. The Hall–Kier alpha value is -1.45. The molecule has 3 rings (SSSR count). The smallest absolute Gasteiger partial charge is 0.337 e. The van der Waals surface area contributed by atoms with Crippen molar-refractivity contribution in [3.05, 3.63) is 36.7 Å². The van der Waals surface area contributed by atoms with E-state index in [2.05, 4.69) is 10.3 Å². The number of carbonyl (C=O) groups is 1. The number of hydrogen-bond donors (Lipinski definition) is 2. The maximum Gasteiger partial charge on any atom is 0.337 e. The number of aromatic nitrogens is 1. The Morgan fingerprint density at radius 1 is 1.23 bits per heavy atom. The largest absolute Gasteiger partial charge is 0.479 e. The van der Waals surface area contributed by atoms with Gasteiger partial charge in [0.05, 0.1) is 4.90 Å². The summed E-state index contributed by atoms with van der Waals surface area (Å²) in [7, 11) is -3.45. The molecule has 26 heavy (non-hydrogen) atoms. The third kappa shape index (κ3) is 5.28. The second-order valence-electron chi connectivity index (χ2n) is 5.50. The number of nitrogens with zero attached hydrogens (tertiary/aromatic N) is 2. The van der Waals surface area contributed by atoms with Crippen LogP contribution in [0.15, 0.2) is 41.6 Å². The third-order valence-corrected chi connectivity index (χ3v) is 6.07. The molecule has 0 saturated carbocycles.